The Morgan fingerprint density at radius 1 is 1.18 bits per heavy atom. The van der Waals surface area contributed by atoms with E-state index in [1.54, 1.807) is 53.1 Å². The minimum absolute atomic E-state index is 0.0202. The first kappa shape index (κ1) is 34.4. The average Bonchev–Trinajstić information content (AvgIpc) is 3.29. The summed E-state index contributed by atoms with van der Waals surface area (Å²) in [4.78, 5) is 15.1. The van der Waals surface area contributed by atoms with E-state index in [0.29, 0.717) is 18.5 Å². The summed E-state index contributed by atoms with van der Waals surface area (Å²) in [6.07, 6.45) is 0.983. The number of phenols is 2. The number of benzene rings is 1. The summed E-state index contributed by atoms with van der Waals surface area (Å²) in [5, 5.41) is 39.3. The SMILES string of the molecule is CC(C)OP(=O)(F)OC(C)C.CNC[C@H](O)c1ccc(O)c(O)c1.Nc1ccn([C@H]2CC[C@@H](CO)O2)c(=O)n1. The number of nitrogen functional groups attached to an aromatic ring is 1. The largest absolute Gasteiger partial charge is 0.513 e. The van der Waals surface area contributed by atoms with Crippen LogP contribution in [0.5, 0.6) is 11.5 Å². The van der Waals surface area contributed by atoms with Crippen LogP contribution >= 0.6 is 7.91 Å². The van der Waals surface area contributed by atoms with Gasteiger partial charge in [0.1, 0.15) is 12.0 Å². The summed E-state index contributed by atoms with van der Waals surface area (Å²) in [6, 6.07) is 5.81. The Bertz CT molecular complexity index is 1110. The number of aromatic nitrogens is 2. The third kappa shape index (κ3) is 12.9. The number of hydrogen-bond donors (Lipinski definition) is 6. The van der Waals surface area contributed by atoms with Crippen molar-refractivity contribution in [3.05, 3.63) is 46.5 Å². The molecule has 0 bridgehead atoms. The molecule has 1 aromatic carbocycles. The minimum atomic E-state index is -4.30. The van der Waals surface area contributed by atoms with Crippen LogP contribution in [0.15, 0.2) is 35.3 Å². The van der Waals surface area contributed by atoms with Gasteiger partial charge in [-0.05, 0) is 71.3 Å². The molecule has 3 rings (SSSR count). The summed E-state index contributed by atoms with van der Waals surface area (Å²) in [5.74, 6) is -0.194. The number of nitrogens with one attached hydrogen (secondary N) is 1. The van der Waals surface area contributed by atoms with Crippen molar-refractivity contribution >= 4 is 13.7 Å². The fraction of sp³-hybridized carbons (Fsp3) is 0.583. The highest BCUT2D eigenvalue weighted by molar-refractivity contribution is 7.48. The second-order valence-corrected chi connectivity index (χ2v) is 10.4. The van der Waals surface area contributed by atoms with Gasteiger partial charge in [0, 0.05) is 12.7 Å². The van der Waals surface area contributed by atoms with Gasteiger partial charge in [-0.15, -0.1) is 4.20 Å². The number of halogens is 1. The lowest BCUT2D eigenvalue weighted by Gasteiger charge is -2.14. The van der Waals surface area contributed by atoms with E-state index in [1.165, 1.54) is 16.7 Å². The lowest BCUT2D eigenvalue weighted by molar-refractivity contribution is -0.0245. The maximum absolute atomic E-state index is 12.7. The summed E-state index contributed by atoms with van der Waals surface area (Å²) in [7, 11) is -2.58. The van der Waals surface area contributed by atoms with Crippen LogP contribution in [0.25, 0.3) is 0 Å². The van der Waals surface area contributed by atoms with Crippen molar-refractivity contribution in [1.29, 1.82) is 0 Å². The first-order chi connectivity index (χ1) is 18.2. The van der Waals surface area contributed by atoms with Gasteiger partial charge in [-0.25, -0.2) is 9.36 Å². The standard InChI is InChI=1S/C9H13N3O3.C9H13NO3.C6H14FO3P/c10-7-3-4-12(9(14)11-7)8-2-1-6(5-13)15-8;1-10-5-9(13)6-2-3-7(11)8(12)4-6;1-5(2)9-11(7,8)10-6(3)4/h3-4,6,8,13H,1-2,5H2,(H2,10,11,14);2-4,9-13H,5H2,1H3;5-6H,1-4H3/t6-,8+;9-;/m00./s1. The van der Waals surface area contributed by atoms with E-state index in [9.17, 15) is 18.7 Å². The van der Waals surface area contributed by atoms with E-state index in [4.69, 9.17) is 25.8 Å². The zero-order valence-corrected chi connectivity index (χ0v) is 23.6. The second-order valence-electron chi connectivity index (χ2n) is 9.08. The van der Waals surface area contributed by atoms with E-state index >= 15 is 0 Å². The Balaban J connectivity index is 0.000000297. The molecule has 1 aliphatic heterocycles. The molecule has 2 aromatic rings. The Morgan fingerprint density at radius 2 is 1.79 bits per heavy atom. The van der Waals surface area contributed by atoms with Crippen LogP contribution in [0.2, 0.25) is 0 Å². The molecular formula is C24H40FN4O9P. The van der Waals surface area contributed by atoms with Gasteiger partial charge in [-0.3, -0.25) is 13.6 Å². The number of aromatic hydroxyl groups is 2. The van der Waals surface area contributed by atoms with Gasteiger partial charge in [0.15, 0.2) is 11.5 Å². The molecule has 15 heteroatoms. The van der Waals surface area contributed by atoms with E-state index in [1.807, 2.05) is 0 Å². The van der Waals surface area contributed by atoms with Crippen LogP contribution in [0.4, 0.5) is 10.0 Å². The zero-order chi connectivity index (χ0) is 29.8. The molecular weight excluding hydrogens is 538 g/mol. The zero-order valence-electron chi connectivity index (χ0n) is 22.7. The number of hydrogen-bond acceptors (Lipinski definition) is 12. The quantitative estimate of drug-likeness (QED) is 0.188. The van der Waals surface area contributed by atoms with Crippen molar-refractivity contribution in [2.75, 3.05) is 25.9 Å². The number of nitrogens with two attached hydrogens (primary N) is 1. The van der Waals surface area contributed by atoms with Crippen molar-refractivity contribution < 1.29 is 43.0 Å². The molecule has 1 aromatic heterocycles. The molecule has 1 aliphatic rings. The summed E-state index contributed by atoms with van der Waals surface area (Å²) in [6.45, 7) is 6.76. The molecule has 3 atom stereocenters. The number of aliphatic hydroxyl groups is 2. The molecule has 39 heavy (non-hydrogen) atoms. The van der Waals surface area contributed by atoms with Gasteiger partial charge < -0.3 is 36.2 Å². The second kappa shape index (κ2) is 16.5. The number of rotatable bonds is 9. The van der Waals surface area contributed by atoms with Crippen molar-refractivity contribution in [3.8, 4) is 11.5 Å². The molecule has 0 unspecified atom stereocenters. The minimum Gasteiger partial charge on any atom is -0.504 e. The molecule has 0 radical (unpaired) electrons. The van der Waals surface area contributed by atoms with Crippen LogP contribution in [0.1, 0.15) is 58.4 Å². The number of likely N-dealkylation sites (N-methyl/N-ethyl adjacent to an activating group) is 1. The lowest BCUT2D eigenvalue weighted by atomic mass is 10.1. The average molecular weight is 579 g/mol. The fourth-order valence-corrected chi connectivity index (χ4v) is 4.32. The Morgan fingerprint density at radius 3 is 2.26 bits per heavy atom. The molecule has 13 nitrogen and oxygen atoms in total. The monoisotopic (exact) mass is 578 g/mol. The number of aliphatic hydroxyl groups excluding tert-OH is 2. The first-order valence-corrected chi connectivity index (χ1v) is 13.7. The predicted molar refractivity (Wildman–Crippen MR) is 143 cm³/mol. The Kier molecular flexibility index (Phi) is 14.6. The highest BCUT2D eigenvalue weighted by atomic mass is 31.2. The highest BCUT2D eigenvalue weighted by Crippen LogP contribution is 2.51. The maximum atomic E-state index is 12.7. The molecule has 7 N–H and O–H groups in total. The van der Waals surface area contributed by atoms with Crippen LogP contribution in [0.3, 0.4) is 0 Å². The van der Waals surface area contributed by atoms with E-state index in [-0.39, 0.29) is 36.3 Å². The maximum Gasteiger partial charge on any atom is 0.513 e. The predicted octanol–water partition coefficient (Wildman–Crippen LogP) is 2.76. The number of ether oxygens (including phenoxy) is 1. The van der Waals surface area contributed by atoms with Gasteiger partial charge in [0.05, 0.1) is 31.0 Å². The van der Waals surface area contributed by atoms with E-state index in [2.05, 4.69) is 19.3 Å². The van der Waals surface area contributed by atoms with Gasteiger partial charge in [0.25, 0.3) is 0 Å². The normalized spacial score (nSPS) is 17.8. The molecule has 0 spiro atoms. The molecule has 1 fully saturated rings. The summed E-state index contributed by atoms with van der Waals surface area (Å²) < 4.78 is 39.1. The molecule has 1 saturated heterocycles. The third-order valence-electron chi connectivity index (χ3n) is 4.91. The molecule has 0 amide bonds. The molecule has 222 valence electrons. The molecule has 0 saturated carbocycles. The van der Waals surface area contributed by atoms with E-state index in [0.717, 1.165) is 6.42 Å². The Labute approximate surface area is 227 Å². The van der Waals surface area contributed by atoms with Gasteiger partial charge >= 0.3 is 13.6 Å². The highest BCUT2D eigenvalue weighted by Gasteiger charge is 2.27. The Hall–Kier alpha value is -2.58. The van der Waals surface area contributed by atoms with Crippen LogP contribution in [-0.2, 0) is 18.3 Å². The third-order valence-corrected chi connectivity index (χ3v) is 6.25. The van der Waals surface area contributed by atoms with Crippen molar-refractivity contribution in [3.63, 3.8) is 0 Å². The van der Waals surface area contributed by atoms with Gasteiger partial charge in [0.2, 0.25) is 0 Å². The van der Waals surface area contributed by atoms with Gasteiger partial charge in [-0.2, -0.15) is 4.98 Å². The van der Waals surface area contributed by atoms with Crippen LogP contribution in [-0.4, -0.2) is 68.5 Å². The summed E-state index contributed by atoms with van der Waals surface area (Å²) in [5.41, 5.74) is 5.53. The fourth-order valence-electron chi connectivity index (χ4n) is 3.26. The van der Waals surface area contributed by atoms with Crippen molar-refractivity contribution in [2.24, 2.45) is 0 Å². The topological polar surface area (TPSA) is 199 Å². The van der Waals surface area contributed by atoms with Crippen molar-refractivity contribution in [2.45, 2.75) is 71.2 Å². The van der Waals surface area contributed by atoms with Gasteiger partial charge in [-0.1, -0.05) is 6.07 Å². The number of anilines is 1. The molecule has 0 aliphatic carbocycles. The summed E-state index contributed by atoms with van der Waals surface area (Å²) >= 11 is 0. The number of nitrogens with zero attached hydrogens (tertiary/aromatic N) is 2. The molecule has 2 heterocycles. The van der Waals surface area contributed by atoms with E-state index < -0.39 is 31.9 Å². The van der Waals surface area contributed by atoms with Crippen molar-refractivity contribution in [1.82, 2.24) is 14.9 Å². The van der Waals surface area contributed by atoms with Crippen LogP contribution < -0.4 is 16.7 Å². The van der Waals surface area contributed by atoms with Crippen LogP contribution in [0, 0.1) is 0 Å². The smallest absolute Gasteiger partial charge is 0.504 e. The lowest BCUT2D eigenvalue weighted by Crippen LogP contribution is -2.27. The first-order valence-electron chi connectivity index (χ1n) is 12.3. The number of phenolic OH excluding ortho intramolecular Hbond substituents is 2.